The van der Waals surface area contributed by atoms with E-state index in [1.807, 2.05) is 30.3 Å². The zero-order valence-corrected chi connectivity index (χ0v) is 15.4. The lowest BCUT2D eigenvalue weighted by atomic mass is 9.95. The van der Waals surface area contributed by atoms with E-state index in [1.165, 1.54) is 0 Å². The summed E-state index contributed by atoms with van der Waals surface area (Å²) in [6.07, 6.45) is 0.618. The molecule has 7 heteroatoms. The number of hydrogen-bond acceptors (Lipinski definition) is 5. The molecule has 2 N–H and O–H groups in total. The first-order valence-corrected chi connectivity index (χ1v) is 9.00. The molecule has 2 aromatic rings. The average Bonchev–Trinajstić information content (AvgIpc) is 3.16. The van der Waals surface area contributed by atoms with Gasteiger partial charge in [0.2, 0.25) is 6.79 Å². The molecule has 0 aromatic heterocycles. The molecule has 28 heavy (non-hydrogen) atoms. The fraction of sp³-hybridized carbons (Fsp3) is 0.238. The summed E-state index contributed by atoms with van der Waals surface area (Å²) in [7, 11) is 0. The van der Waals surface area contributed by atoms with Crippen LogP contribution in [-0.4, -0.2) is 25.4 Å². The molecule has 0 aliphatic carbocycles. The van der Waals surface area contributed by atoms with Crippen molar-refractivity contribution in [1.29, 1.82) is 0 Å². The highest BCUT2D eigenvalue weighted by Crippen LogP contribution is 2.37. The van der Waals surface area contributed by atoms with Crippen molar-refractivity contribution in [3.63, 3.8) is 0 Å². The van der Waals surface area contributed by atoms with E-state index in [-0.39, 0.29) is 19.4 Å². The minimum atomic E-state index is -0.632. The van der Waals surface area contributed by atoms with Gasteiger partial charge in [-0.25, -0.2) is 9.59 Å². The molecule has 2 aromatic carbocycles. The van der Waals surface area contributed by atoms with E-state index in [4.69, 9.17) is 14.2 Å². The summed E-state index contributed by atoms with van der Waals surface area (Å²) in [4.78, 5) is 24.8. The number of benzene rings is 2. The largest absolute Gasteiger partial charge is 0.462 e. The fourth-order valence-corrected chi connectivity index (χ4v) is 3.29. The fourth-order valence-electron chi connectivity index (χ4n) is 3.29. The number of nitrogens with one attached hydrogen (secondary N) is 2. The highest BCUT2D eigenvalue weighted by Gasteiger charge is 2.33. The summed E-state index contributed by atoms with van der Waals surface area (Å²) in [6, 6.07) is 14.1. The molecule has 2 aliphatic heterocycles. The van der Waals surface area contributed by atoms with Gasteiger partial charge in [-0.05, 0) is 30.2 Å². The van der Waals surface area contributed by atoms with Crippen LogP contribution < -0.4 is 20.1 Å². The van der Waals surface area contributed by atoms with Crippen LogP contribution in [0.2, 0.25) is 0 Å². The number of hydrogen-bond donors (Lipinski definition) is 2. The van der Waals surface area contributed by atoms with Crippen molar-refractivity contribution >= 4 is 12.0 Å². The molecule has 4 rings (SSSR count). The number of urea groups is 1. The van der Waals surface area contributed by atoms with Gasteiger partial charge in [0.25, 0.3) is 0 Å². The van der Waals surface area contributed by atoms with Gasteiger partial charge in [0.15, 0.2) is 11.5 Å². The molecule has 2 heterocycles. The minimum absolute atomic E-state index is 0.153. The molecule has 0 bridgehead atoms. The minimum Gasteiger partial charge on any atom is -0.462 e. The summed E-state index contributed by atoms with van der Waals surface area (Å²) < 4.78 is 16.2. The topological polar surface area (TPSA) is 85.9 Å². The van der Waals surface area contributed by atoms with Crippen LogP contribution in [0.4, 0.5) is 4.79 Å². The van der Waals surface area contributed by atoms with E-state index >= 15 is 0 Å². The Morgan fingerprint density at radius 1 is 1.14 bits per heavy atom. The molecule has 2 amide bonds. The standard InChI is InChI=1S/C21H20N2O5/c1-13-18(20(24)26-10-9-14-5-3-2-4-6-14)19(23-21(25)22-13)15-7-8-16-17(11-15)28-12-27-16/h2-8,11,19H,9-10,12H2,1H3,(H2,22,23,25). The smallest absolute Gasteiger partial charge is 0.338 e. The summed E-state index contributed by atoms with van der Waals surface area (Å²) in [5, 5.41) is 5.43. The maximum absolute atomic E-state index is 12.8. The van der Waals surface area contributed by atoms with Gasteiger partial charge in [-0.1, -0.05) is 36.4 Å². The molecule has 0 fully saturated rings. The van der Waals surface area contributed by atoms with Gasteiger partial charge in [0.1, 0.15) is 0 Å². The third-order valence-electron chi connectivity index (χ3n) is 4.69. The Kier molecular flexibility index (Phi) is 4.89. The first-order chi connectivity index (χ1) is 13.6. The quantitative estimate of drug-likeness (QED) is 0.779. The van der Waals surface area contributed by atoms with E-state index in [2.05, 4.69) is 10.6 Å². The molecular formula is C21H20N2O5. The maximum Gasteiger partial charge on any atom is 0.338 e. The summed E-state index contributed by atoms with van der Waals surface area (Å²) in [5.41, 5.74) is 2.64. The van der Waals surface area contributed by atoms with Gasteiger partial charge >= 0.3 is 12.0 Å². The van der Waals surface area contributed by atoms with E-state index in [9.17, 15) is 9.59 Å². The summed E-state index contributed by atoms with van der Waals surface area (Å²) >= 11 is 0. The van der Waals surface area contributed by atoms with Gasteiger partial charge in [0, 0.05) is 12.1 Å². The first-order valence-electron chi connectivity index (χ1n) is 9.00. The van der Waals surface area contributed by atoms with E-state index < -0.39 is 12.0 Å². The van der Waals surface area contributed by atoms with Crippen LogP contribution in [-0.2, 0) is 16.0 Å². The van der Waals surface area contributed by atoms with Crippen LogP contribution in [0.5, 0.6) is 11.5 Å². The molecule has 1 unspecified atom stereocenters. The third-order valence-corrected chi connectivity index (χ3v) is 4.69. The Morgan fingerprint density at radius 2 is 1.93 bits per heavy atom. The molecule has 0 saturated heterocycles. The van der Waals surface area contributed by atoms with E-state index in [0.29, 0.717) is 34.8 Å². The van der Waals surface area contributed by atoms with E-state index in [1.54, 1.807) is 25.1 Å². The Morgan fingerprint density at radius 3 is 2.75 bits per heavy atom. The number of rotatable bonds is 5. The van der Waals surface area contributed by atoms with Crippen molar-refractivity contribution in [2.75, 3.05) is 13.4 Å². The van der Waals surface area contributed by atoms with Crippen molar-refractivity contribution in [1.82, 2.24) is 10.6 Å². The van der Waals surface area contributed by atoms with Crippen LogP contribution in [0, 0.1) is 0 Å². The number of carbonyl (C=O) groups excluding carboxylic acids is 2. The molecule has 0 saturated carbocycles. The van der Waals surface area contributed by atoms with Gasteiger partial charge < -0.3 is 24.8 Å². The Hall–Kier alpha value is -3.48. The summed E-state index contributed by atoms with van der Waals surface area (Å²) in [5.74, 6) is 0.750. The number of ether oxygens (including phenoxy) is 3. The van der Waals surface area contributed by atoms with Gasteiger partial charge in [-0.3, -0.25) is 0 Å². The maximum atomic E-state index is 12.8. The molecule has 2 aliphatic rings. The van der Waals surface area contributed by atoms with Gasteiger partial charge in [0.05, 0.1) is 18.2 Å². The van der Waals surface area contributed by atoms with Crippen molar-refractivity contribution in [2.24, 2.45) is 0 Å². The Labute approximate surface area is 162 Å². The van der Waals surface area contributed by atoms with Crippen molar-refractivity contribution in [3.05, 3.63) is 70.9 Å². The highest BCUT2D eigenvalue weighted by atomic mass is 16.7. The zero-order chi connectivity index (χ0) is 19.5. The Balaban J connectivity index is 1.53. The third kappa shape index (κ3) is 3.64. The number of esters is 1. The molecule has 1 atom stereocenters. The normalized spacial score (nSPS) is 17.8. The zero-order valence-electron chi connectivity index (χ0n) is 15.4. The van der Waals surface area contributed by atoms with Crippen molar-refractivity contribution in [3.8, 4) is 11.5 Å². The lowest BCUT2D eigenvalue weighted by molar-refractivity contribution is -0.139. The van der Waals surface area contributed by atoms with Crippen molar-refractivity contribution < 1.29 is 23.8 Å². The molecule has 7 nitrogen and oxygen atoms in total. The average molecular weight is 380 g/mol. The summed E-state index contributed by atoms with van der Waals surface area (Å²) in [6.45, 7) is 2.09. The highest BCUT2D eigenvalue weighted by molar-refractivity contribution is 5.95. The number of carbonyl (C=O) groups is 2. The SMILES string of the molecule is CC1=C(C(=O)OCCc2ccccc2)C(c2ccc3c(c2)OCO3)NC(=O)N1. The Bertz CT molecular complexity index is 939. The number of allylic oxidation sites excluding steroid dienone is 1. The molecule has 0 radical (unpaired) electrons. The lowest BCUT2D eigenvalue weighted by Gasteiger charge is -2.28. The van der Waals surface area contributed by atoms with E-state index in [0.717, 1.165) is 5.56 Å². The van der Waals surface area contributed by atoms with Crippen LogP contribution in [0.15, 0.2) is 59.8 Å². The predicted molar refractivity (Wildman–Crippen MR) is 101 cm³/mol. The predicted octanol–water partition coefficient (Wildman–Crippen LogP) is 2.83. The molecule has 144 valence electrons. The second-order valence-corrected chi connectivity index (χ2v) is 6.55. The molecular weight excluding hydrogens is 360 g/mol. The number of fused-ring (bicyclic) bond motifs is 1. The van der Waals surface area contributed by atoms with Gasteiger partial charge in [-0.15, -0.1) is 0 Å². The number of amides is 2. The van der Waals surface area contributed by atoms with Crippen LogP contribution in [0.1, 0.15) is 24.1 Å². The van der Waals surface area contributed by atoms with Crippen LogP contribution in [0.25, 0.3) is 0 Å². The van der Waals surface area contributed by atoms with Crippen LogP contribution in [0.3, 0.4) is 0 Å². The van der Waals surface area contributed by atoms with Crippen molar-refractivity contribution in [2.45, 2.75) is 19.4 Å². The lowest BCUT2D eigenvalue weighted by Crippen LogP contribution is -2.45. The van der Waals surface area contributed by atoms with Gasteiger partial charge in [-0.2, -0.15) is 0 Å². The first kappa shape index (κ1) is 17.9. The molecule has 0 spiro atoms. The second kappa shape index (κ2) is 7.64. The monoisotopic (exact) mass is 380 g/mol. The second-order valence-electron chi connectivity index (χ2n) is 6.55. The van der Waals surface area contributed by atoms with Crippen LogP contribution >= 0.6 is 0 Å².